The number of rotatable bonds is 8. The van der Waals surface area contributed by atoms with Gasteiger partial charge in [-0.15, -0.1) is 0 Å². The summed E-state index contributed by atoms with van der Waals surface area (Å²) in [5.41, 5.74) is 1.93. The van der Waals surface area contributed by atoms with Crippen molar-refractivity contribution >= 4 is 47.9 Å². The summed E-state index contributed by atoms with van der Waals surface area (Å²) >= 11 is 13.1. The number of halogens is 2. The molecule has 1 fully saturated rings. The van der Waals surface area contributed by atoms with Crippen LogP contribution in [-0.4, -0.2) is 61.5 Å². The summed E-state index contributed by atoms with van der Waals surface area (Å²) in [5, 5.41) is 3.87. The fraction of sp³-hybridized carbons (Fsp3) is 0.522. The van der Waals surface area contributed by atoms with Crippen LogP contribution >= 0.6 is 23.2 Å². The lowest BCUT2D eigenvalue weighted by Gasteiger charge is -2.37. The first-order chi connectivity index (χ1) is 14.8. The molecular formula is C23H33Cl2N5O. The first-order valence-corrected chi connectivity index (χ1v) is 11.5. The Labute approximate surface area is 196 Å². The molecule has 1 atom stereocenters. The van der Waals surface area contributed by atoms with Crippen LogP contribution in [0.4, 0.5) is 4.79 Å². The van der Waals surface area contributed by atoms with E-state index in [1.165, 1.54) is 0 Å². The number of nitrogens with zero attached hydrogens (tertiary/aromatic N) is 4. The minimum atomic E-state index is -0.296. The number of urea groups is 1. The molecule has 170 valence electrons. The topological polar surface area (TPSA) is 60.3 Å². The fourth-order valence-electron chi connectivity index (χ4n) is 3.78. The van der Waals surface area contributed by atoms with E-state index in [-0.39, 0.29) is 18.1 Å². The predicted octanol–water partition coefficient (Wildman–Crippen LogP) is 5.66. The van der Waals surface area contributed by atoms with Crippen LogP contribution in [0.2, 0.25) is 10.0 Å². The monoisotopic (exact) mass is 465 g/mol. The molecule has 2 rings (SSSR count). The van der Waals surface area contributed by atoms with Gasteiger partial charge in [0.2, 0.25) is 0 Å². The first-order valence-electron chi connectivity index (χ1n) is 10.7. The van der Waals surface area contributed by atoms with Crippen LogP contribution in [0.5, 0.6) is 0 Å². The highest BCUT2D eigenvalue weighted by Crippen LogP contribution is 2.36. The summed E-state index contributed by atoms with van der Waals surface area (Å²) in [6, 6.07) is 3.60. The second-order valence-corrected chi connectivity index (χ2v) is 8.56. The predicted molar refractivity (Wildman–Crippen MR) is 133 cm³/mol. The summed E-state index contributed by atoms with van der Waals surface area (Å²) in [7, 11) is 2.12. The number of aliphatic imine (C=N–C) groups is 2. The Kier molecular flexibility index (Phi) is 10.0. The number of hydrogen-bond acceptors (Lipinski definition) is 4. The van der Waals surface area contributed by atoms with E-state index in [0.29, 0.717) is 21.3 Å². The summed E-state index contributed by atoms with van der Waals surface area (Å²) in [5.74, 6) is 0. The molecular weight excluding hydrogens is 433 g/mol. The summed E-state index contributed by atoms with van der Waals surface area (Å²) < 4.78 is 0. The van der Waals surface area contributed by atoms with Crippen LogP contribution in [0.15, 0.2) is 28.3 Å². The third kappa shape index (κ3) is 6.55. The number of nitrogens with one attached hydrogen (secondary N) is 1. The van der Waals surface area contributed by atoms with E-state index >= 15 is 0 Å². The largest absolute Gasteiger partial charge is 0.331 e. The molecule has 0 aromatic heterocycles. The Morgan fingerprint density at radius 1 is 1.35 bits per heavy atom. The normalized spacial score (nSPS) is 17.0. The minimum Gasteiger partial charge on any atom is -0.331 e. The second-order valence-electron chi connectivity index (χ2n) is 7.81. The van der Waals surface area contributed by atoms with Gasteiger partial charge >= 0.3 is 6.03 Å². The molecule has 6 nitrogen and oxygen atoms in total. The van der Waals surface area contributed by atoms with Crippen molar-refractivity contribution in [3.05, 3.63) is 39.5 Å². The second kappa shape index (κ2) is 12.2. The van der Waals surface area contributed by atoms with Crippen molar-refractivity contribution in [2.75, 3.05) is 26.7 Å². The van der Waals surface area contributed by atoms with Gasteiger partial charge in [0.05, 0.1) is 28.0 Å². The number of hydrogen-bond donors (Lipinski definition) is 1. The highest BCUT2D eigenvalue weighted by molar-refractivity contribution is 6.43. The van der Waals surface area contributed by atoms with E-state index in [9.17, 15) is 4.79 Å². The Morgan fingerprint density at radius 3 is 2.61 bits per heavy atom. The third-order valence-corrected chi connectivity index (χ3v) is 6.46. The van der Waals surface area contributed by atoms with E-state index in [0.717, 1.165) is 44.5 Å². The summed E-state index contributed by atoms with van der Waals surface area (Å²) in [6.45, 7) is 12.1. The number of carbonyl (C=O) groups excluding carboxylic acids is 1. The molecule has 1 saturated heterocycles. The van der Waals surface area contributed by atoms with E-state index < -0.39 is 0 Å². The molecule has 8 heteroatoms. The van der Waals surface area contributed by atoms with Gasteiger partial charge in [-0.25, -0.2) is 4.79 Å². The van der Waals surface area contributed by atoms with Gasteiger partial charge in [0.15, 0.2) is 0 Å². The molecule has 1 N–H and O–H groups in total. The van der Waals surface area contributed by atoms with E-state index in [2.05, 4.69) is 40.9 Å². The number of amides is 2. The number of likely N-dealkylation sites (tertiary alicyclic amines) is 1. The Balaban J connectivity index is 2.20. The van der Waals surface area contributed by atoms with Crippen LogP contribution in [0.3, 0.4) is 0 Å². The molecule has 0 saturated carbocycles. The van der Waals surface area contributed by atoms with Gasteiger partial charge in [0.25, 0.3) is 0 Å². The molecule has 1 aliphatic rings. The maximum atomic E-state index is 13.1. The van der Waals surface area contributed by atoms with Crippen LogP contribution in [-0.2, 0) is 0 Å². The smallest absolute Gasteiger partial charge is 0.318 e. The highest BCUT2D eigenvalue weighted by Gasteiger charge is 2.28. The highest BCUT2D eigenvalue weighted by atomic mass is 35.5. The van der Waals surface area contributed by atoms with E-state index in [1.54, 1.807) is 12.4 Å². The van der Waals surface area contributed by atoms with Crippen molar-refractivity contribution < 1.29 is 4.79 Å². The SMILES string of the molecule is C=N/C(=C\N=CC)c1ccc(C(C)NC(=O)N(CCC)C2CCN(C)CC2)c(Cl)c1Cl. The average Bonchev–Trinajstić information content (AvgIpc) is 2.75. The Morgan fingerprint density at radius 2 is 2.03 bits per heavy atom. The van der Waals surface area contributed by atoms with Crippen molar-refractivity contribution in [1.29, 1.82) is 0 Å². The lowest BCUT2D eigenvalue weighted by atomic mass is 10.0. The molecule has 0 radical (unpaired) electrons. The van der Waals surface area contributed by atoms with Crippen LogP contribution in [0, 0.1) is 0 Å². The Hall–Kier alpha value is -1.89. The minimum absolute atomic E-state index is 0.0641. The third-order valence-electron chi connectivity index (χ3n) is 5.57. The number of benzene rings is 1. The van der Waals surface area contributed by atoms with Crippen molar-refractivity contribution in [2.24, 2.45) is 9.98 Å². The first kappa shape index (κ1) is 25.4. The van der Waals surface area contributed by atoms with E-state index in [1.807, 2.05) is 30.9 Å². The van der Waals surface area contributed by atoms with Gasteiger partial charge in [0.1, 0.15) is 0 Å². The van der Waals surface area contributed by atoms with Crippen LogP contribution in [0.25, 0.3) is 5.70 Å². The van der Waals surface area contributed by atoms with Gasteiger partial charge in [-0.05, 0) is 65.5 Å². The molecule has 0 spiro atoms. The maximum absolute atomic E-state index is 13.1. The van der Waals surface area contributed by atoms with Crippen molar-refractivity contribution in [1.82, 2.24) is 15.1 Å². The fourth-order valence-corrected chi connectivity index (χ4v) is 4.38. The molecule has 31 heavy (non-hydrogen) atoms. The average molecular weight is 466 g/mol. The zero-order chi connectivity index (χ0) is 23.0. The standard InChI is InChI=1S/C23H33Cl2N5O/c1-6-12-30(17-10-13-29(5)14-11-17)23(31)28-16(3)18-8-9-19(22(25)21(18)24)20(26-4)15-27-7-2/h7-9,15-17H,4,6,10-14H2,1-3,5H3,(H,28,31)/b20-15-,27-7?. The molecule has 0 aliphatic carbocycles. The van der Waals surface area contributed by atoms with Crippen LogP contribution < -0.4 is 5.32 Å². The maximum Gasteiger partial charge on any atom is 0.318 e. The number of carbonyl (C=O) groups is 1. The van der Waals surface area contributed by atoms with Gasteiger partial charge in [0, 0.05) is 24.4 Å². The summed E-state index contributed by atoms with van der Waals surface area (Å²) in [6.07, 6.45) is 6.13. The zero-order valence-electron chi connectivity index (χ0n) is 18.9. The molecule has 1 heterocycles. The molecule has 0 bridgehead atoms. The van der Waals surface area contributed by atoms with Crippen LogP contribution in [0.1, 0.15) is 57.2 Å². The Bertz CT molecular complexity index is 832. The molecule has 1 aliphatic heterocycles. The van der Waals surface area contributed by atoms with E-state index in [4.69, 9.17) is 23.2 Å². The number of piperidine rings is 1. The van der Waals surface area contributed by atoms with Gasteiger partial charge in [-0.2, -0.15) is 0 Å². The van der Waals surface area contributed by atoms with Gasteiger partial charge in [-0.3, -0.25) is 9.98 Å². The molecule has 1 aromatic carbocycles. The molecule has 2 amide bonds. The molecule has 1 unspecified atom stereocenters. The lowest BCUT2D eigenvalue weighted by molar-refractivity contribution is 0.129. The van der Waals surface area contributed by atoms with Crippen molar-refractivity contribution in [3.8, 4) is 0 Å². The van der Waals surface area contributed by atoms with Gasteiger partial charge < -0.3 is 15.1 Å². The van der Waals surface area contributed by atoms with Crippen molar-refractivity contribution in [2.45, 2.75) is 52.1 Å². The van der Waals surface area contributed by atoms with Crippen molar-refractivity contribution in [3.63, 3.8) is 0 Å². The summed E-state index contributed by atoms with van der Waals surface area (Å²) in [4.78, 5) is 25.5. The van der Waals surface area contributed by atoms with Gasteiger partial charge in [-0.1, -0.05) is 42.3 Å². The lowest BCUT2D eigenvalue weighted by Crippen LogP contribution is -2.50. The zero-order valence-corrected chi connectivity index (χ0v) is 20.4. The molecule has 1 aromatic rings. The quantitative estimate of drug-likeness (QED) is 0.503.